The smallest absolute Gasteiger partial charge is 0.120 e. The minimum Gasteiger partial charge on any atom is -0.489 e. The number of ether oxygens (including phenoxy) is 1. The van der Waals surface area contributed by atoms with Gasteiger partial charge in [-0.05, 0) is 47.0 Å². The Bertz CT molecular complexity index is 764. The zero-order valence-corrected chi connectivity index (χ0v) is 15.3. The van der Waals surface area contributed by atoms with Gasteiger partial charge in [-0.15, -0.1) is 12.4 Å². The van der Waals surface area contributed by atoms with Crippen molar-refractivity contribution in [3.05, 3.63) is 94.8 Å². The van der Waals surface area contributed by atoms with Crippen LogP contribution >= 0.6 is 24.0 Å². The van der Waals surface area contributed by atoms with Crippen molar-refractivity contribution in [1.82, 2.24) is 10.3 Å². The normalized spacial score (nSPS) is 10.1. The molecule has 2 aromatic carbocycles. The maximum atomic E-state index is 5.89. The van der Waals surface area contributed by atoms with Gasteiger partial charge in [0.05, 0.1) is 0 Å². The van der Waals surface area contributed by atoms with E-state index in [-0.39, 0.29) is 12.4 Å². The molecule has 3 aromatic rings. The first-order valence-electron chi connectivity index (χ1n) is 7.85. The molecular formula is C20H20Cl2N2O. The minimum absolute atomic E-state index is 0. The summed E-state index contributed by atoms with van der Waals surface area (Å²) in [5.74, 6) is 0.866. The number of nitrogens with zero attached hydrogens (tertiary/aromatic N) is 1. The molecule has 0 saturated heterocycles. The second kappa shape index (κ2) is 10.0. The fourth-order valence-corrected chi connectivity index (χ4v) is 2.47. The molecule has 1 heterocycles. The third-order valence-electron chi connectivity index (χ3n) is 3.60. The Morgan fingerprint density at radius 1 is 0.880 bits per heavy atom. The summed E-state index contributed by atoms with van der Waals surface area (Å²) in [6, 6.07) is 19.8. The van der Waals surface area contributed by atoms with E-state index >= 15 is 0 Å². The van der Waals surface area contributed by atoms with Crippen molar-refractivity contribution in [3.63, 3.8) is 0 Å². The van der Waals surface area contributed by atoms with Crippen molar-refractivity contribution in [2.75, 3.05) is 0 Å². The molecule has 0 amide bonds. The summed E-state index contributed by atoms with van der Waals surface area (Å²) in [6.45, 7) is 2.11. The number of hydrogen-bond donors (Lipinski definition) is 1. The van der Waals surface area contributed by atoms with Crippen LogP contribution in [0.15, 0.2) is 73.1 Å². The van der Waals surface area contributed by atoms with Crippen molar-refractivity contribution in [1.29, 1.82) is 0 Å². The van der Waals surface area contributed by atoms with Crippen molar-refractivity contribution in [2.24, 2.45) is 0 Å². The highest BCUT2D eigenvalue weighted by molar-refractivity contribution is 6.30. The lowest BCUT2D eigenvalue weighted by atomic mass is 10.2. The summed E-state index contributed by atoms with van der Waals surface area (Å²) in [5.41, 5.74) is 3.46. The summed E-state index contributed by atoms with van der Waals surface area (Å²) in [4.78, 5) is 4.11. The standard InChI is InChI=1S/C20H19ClN2O.ClH/c21-19-8-6-16(7-9-19)15-24-20-5-1-3-17(11-20)12-23-14-18-4-2-10-22-13-18;/h1-11,13,23H,12,14-15H2;1H. The van der Waals surface area contributed by atoms with Crippen LogP contribution in [-0.4, -0.2) is 4.98 Å². The highest BCUT2D eigenvalue weighted by Gasteiger charge is 1.99. The van der Waals surface area contributed by atoms with E-state index in [1.807, 2.05) is 48.7 Å². The predicted octanol–water partition coefficient (Wildman–Crippen LogP) is 5.03. The molecule has 0 unspecified atom stereocenters. The van der Waals surface area contributed by atoms with Gasteiger partial charge in [0.1, 0.15) is 12.4 Å². The van der Waals surface area contributed by atoms with E-state index in [1.54, 1.807) is 6.20 Å². The van der Waals surface area contributed by atoms with Gasteiger partial charge in [-0.1, -0.05) is 41.9 Å². The highest BCUT2D eigenvalue weighted by Crippen LogP contribution is 2.16. The van der Waals surface area contributed by atoms with E-state index in [0.717, 1.165) is 29.4 Å². The van der Waals surface area contributed by atoms with Gasteiger partial charge in [0, 0.05) is 30.5 Å². The molecule has 0 aliphatic carbocycles. The average molecular weight is 375 g/mol. The lowest BCUT2D eigenvalue weighted by Gasteiger charge is -2.09. The Hall–Kier alpha value is -2.07. The Morgan fingerprint density at radius 3 is 2.40 bits per heavy atom. The molecule has 130 valence electrons. The fourth-order valence-electron chi connectivity index (χ4n) is 2.35. The van der Waals surface area contributed by atoms with Crippen LogP contribution in [0.4, 0.5) is 0 Å². The highest BCUT2D eigenvalue weighted by atomic mass is 35.5. The number of benzene rings is 2. The molecule has 0 radical (unpaired) electrons. The van der Waals surface area contributed by atoms with Crippen LogP contribution in [0.1, 0.15) is 16.7 Å². The predicted molar refractivity (Wildman–Crippen MR) is 104 cm³/mol. The summed E-state index contributed by atoms with van der Waals surface area (Å²) in [7, 11) is 0. The zero-order valence-electron chi connectivity index (χ0n) is 13.7. The van der Waals surface area contributed by atoms with E-state index < -0.39 is 0 Å². The number of nitrogens with one attached hydrogen (secondary N) is 1. The third kappa shape index (κ3) is 6.39. The lowest BCUT2D eigenvalue weighted by Crippen LogP contribution is -2.12. The Balaban J connectivity index is 0.00000225. The summed E-state index contributed by atoms with van der Waals surface area (Å²) in [5, 5.41) is 4.15. The number of rotatable bonds is 7. The molecule has 0 aliphatic rings. The molecule has 3 rings (SSSR count). The first-order valence-corrected chi connectivity index (χ1v) is 8.23. The third-order valence-corrected chi connectivity index (χ3v) is 3.85. The van der Waals surface area contributed by atoms with Gasteiger partial charge in [0.2, 0.25) is 0 Å². The molecule has 0 fully saturated rings. The summed E-state index contributed by atoms with van der Waals surface area (Å²) >= 11 is 5.89. The van der Waals surface area contributed by atoms with Crippen LogP contribution in [0.5, 0.6) is 5.75 Å². The van der Waals surface area contributed by atoms with Crippen LogP contribution in [0.2, 0.25) is 5.02 Å². The molecule has 1 N–H and O–H groups in total. The van der Waals surface area contributed by atoms with Gasteiger partial charge in [-0.3, -0.25) is 4.98 Å². The number of pyridine rings is 1. The monoisotopic (exact) mass is 374 g/mol. The largest absolute Gasteiger partial charge is 0.489 e. The average Bonchev–Trinajstić information content (AvgIpc) is 2.63. The second-order valence-corrected chi connectivity index (χ2v) is 5.96. The number of halogens is 2. The fraction of sp³-hybridized carbons (Fsp3) is 0.150. The van der Waals surface area contributed by atoms with Crippen LogP contribution in [0.25, 0.3) is 0 Å². The molecule has 0 aliphatic heterocycles. The van der Waals surface area contributed by atoms with E-state index in [1.165, 1.54) is 11.1 Å². The zero-order chi connectivity index (χ0) is 16.6. The topological polar surface area (TPSA) is 34.1 Å². The molecule has 0 spiro atoms. The minimum atomic E-state index is 0. The SMILES string of the molecule is Cl.Clc1ccc(COc2cccc(CNCc3cccnc3)c2)cc1. The maximum absolute atomic E-state index is 5.89. The summed E-state index contributed by atoms with van der Waals surface area (Å²) < 4.78 is 5.86. The van der Waals surface area contributed by atoms with Crippen molar-refractivity contribution < 1.29 is 4.74 Å². The van der Waals surface area contributed by atoms with Gasteiger partial charge in [-0.25, -0.2) is 0 Å². The molecule has 25 heavy (non-hydrogen) atoms. The van der Waals surface area contributed by atoms with E-state index in [0.29, 0.717) is 6.61 Å². The van der Waals surface area contributed by atoms with E-state index in [9.17, 15) is 0 Å². The van der Waals surface area contributed by atoms with Crippen LogP contribution < -0.4 is 10.1 Å². The first-order chi connectivity index (χ1) is 11.8. The molecule has 0 bridgehead atoms. The van der Waals surface area contributed by atoms with Gasteiger partial charge < -0.3 is 10.1 Å². The number of aromatic nitrogens is 1. The Labute approximate surface area is 159 Å². The van der Waals surface area contributed by atoms with Gasteiger partial charge in [0.15, 0.2) is 0 Å². The molecular weight excluding hydrogens is 355 g/mol. The Kier molecular flexibility index (Phi) is 7.74. The molecule has 0 atom stereocenters. The maximum Gasteiger partial charge on any atom is 0.120 e. The van der Waals surface area contributed by atoms with E-state index in [4.69, 9.17) is 16.3 Å². The first kappa shape index (κ1) is 19.3. The van der Waals surface area contributed by atoms with Crippen molar-refractivity contribution >= 4 is 24.0 Å². The quantitative estimate of drug-likeness (QED) is 0.629. The van der Waals surface area contributed by atoms with Gasteiger partial charge in [-0.2, -0.15) is 0 Å². The van der Waals surface area contributed by atoms with Crippen LogP contribution in [0, 0.1) is 0 Å². The number of hydrogen-bond acceptors (Lipinski definition) is 3. The molecule has 3 nitrogen and oxygen atoms in total. The molecule has 5 heteroatoms. The molecule has 1 aromatic heterocycles. The van der Waals surface area contributed by atoms with Crippen molar-refractivity contribution in [3.8, 4) is 5.75 Å². The van der Waals surface area contributed by atoms with Crippen LogP contribution in [0.3, 0.4) is 0 Å². The van der Waals surface area contributed by atoms with E-state index in [2.05, 4.69) is 28.5 Å². The Morgan fingerprint density at radius 2 is 1.64 bits per heavy atom. The van der Waals surface area contributed by atoms with Crippen molar-refractivity contribution in [2.45, 2.75) is 19.7 Å². The molecule has 0 saturated carbocycles. The van der Waals surface area contributed by atoms with Crippen LogP contribution in [-0.2, 0) is 19.7 Å². The van der Waals surface area contributed by atoms with Gasteiger partial charge >= 0.3 is 0 Å². The van der Waals surface area contributed by atoms with Gasteiger partial charge in [0.25, 0.3) is 0 Å². The lowest BCUT2D eigenvalue weighted by molar-refractivity contribution is 0.306. The second-order valence-electron chi connectivity index (χ2n) is 5.53. The summed E-state index contributed by atoms with van der Waals surface area (Å²) in [6.07, 6.45) is 3.66.